The first-order chi connectivity index (χ1) is 10.1. The van der Waals surface area contributed by atoms with Crippen LogP contribution in [0.4, 0.5) is 0 Å². The molecular weight excluding hydrogens is 268 g/mol. The van der Waals surface area contributed by atoms with Crippen molar-refractivity contribution in [1.82, 2.24) is 9.80 Å². The van der Waals surface area contributed by atoms with E-state index in [-0.39, 0.29) is 5.91 Å². The van der Waals surface area contributed by atoms with Crippen molar-refractivity contribution in [2.75, 3.05) is 39.8 Å². The van der Waals surface area contributed by atoms with Crippen LogP contribution >= 0.6 is 0 Å². The Balaban J connectivity index is 1.90. The molecular formula is C16H24N2O3. The van der Waals surface area contributed by atoms with E-state index in [9.17, 15) is 4.79 Å². The minimum absolute atomic E-state index is 0.0496. The van der Waals surface area contributed by atoms with E-state index < -0.39 is 6.10 Å². The quantitative estimate of drug-likeness (QED) is 0.827. The Labute approximate surface area is 126 Å². The molecule has 1 aromatic carbocycles. The zero-order valence-corrected chi connectivity index (χ0v) is 13.0. The molecule has 5 heteroatoms. The highest BCUT2D eigenvalue weighted by atomic mass is 16.5. The lowest BCUT2D eigenvalue weighted by Gasteiger charge is -2.35. The van der Waals surface area contributed by atoms with Crippen LogP contribution < -0.4 is 9.47 Å². The lowest BCUT2D eigenvalue weighted by molar-refractivity contribution is -0.139. The highest BCUT2D eigenvalue weighted by Crippen LogP contribution is 2.20. The number of likely N-dealkylation sites (N-methyl/N-ethyl adjacent to an activating group) is 1. The molecule has 1 amide bonds. The van der Waals surface area contributed by atoms with Gasteiger partial charge in [-0.1, -0.05) is 13.0 Å². The molecule has 1 aliphatic rings. The zero-order valence-electron chi connectivity index (χ0n) is 13.0. The standard InChI is InChI=1S/C16H24N2O3/c1-4-17-8-10-18(11-9-17)16(19)13(2)21-15-7-5-6-14(12-15)20-3/h5-7,12-13H,4,8-11H2,1-3H3/t13-/m1/s1. The molecule has 21 heavy (non-hydrogen) atoms. The second-order valence-electron chi connectivity index (χ2n) is 5.20. The molecule has 0 saturated carbocycles. The van der Waals surface area contributed by atoms with E-state index in [1.165, 1.54) is 0 Å². The zero-order chi connectivity index (χ0) is 15.2. The van der Waals surface area contributed by atoms with Crippen molar-refractivity contribution in [3.8, 4) is 11.5 Å². The van der Waals surface area contributed by atoms with Crippen LogP contribution in [0.25, 0.3) is 0 Å². The smallest absolute Gasteiger partial charge is 0.263 e. The number of rotatable bonds is 5. The van der Waals surface area contributed by atoms with Crippen molar-refractivity contribution in [3.63, 3.8) is 0 Å². The molecule has 1 heterocycles. The normalized spacial score (nSPS) is 17.4. The van der Waals surface area contributed by atoms with Gasteiger partial charge in [-0.3, -0.25) is 4.79 Å². The summed E-state index contributed by atoms with van der Waals surface area (Å²) in [7, 11) is 1.61. The van der Waals surface area contributed by atoms with Crippen LogP contribution in [0.3, 0.4) is 0 Å². The molecule has 0 aliphatic carbocycles. The number of hydrogen-bond donors (Lipinski definition) is 0. The number of nitrogens with zero attached hydrogens (tertiary/aromatic N) is 2. The topological polar surface area (TPSA) is 42.0 Å². The number of carbonyl (C=O) groups is 1. The first-order valence-corrected chi connectivity index (χ1v) is 7.46. The maximum Gasteiger partial charge on any atom is 0.263 e. The minimum Gasteiger partial charge on any atom is -0.497 e. The van der Waals surface area contributed by atoms with Gasteiger partial charge in [0.1, 0.15) is 11.5 Å². The first kappa shape index (κ1) is 15.6. The molecule has 5 nitrogen and oxygen atoms in total. The summed E-state index contributed by atoms with van der Waals surface area (Å²) in [5, 5.41) is 0. The van der Waals surface area contributed by atoms with Gasteiger partial charge in [0.05, 0.1) is 7.11 Å². The molecule has 1 atom stereocenters. The largest absolute Gasteiger partial charge is 0.497 e. The summed E-state index contributed by atoms with van der Waals surface area (Å²) >= 11 is 0. The minimum atomic E-state index is -0.481. The first-order valence-electron chi connectivity index (χ1n) is 7.46. The van der Waals surface area contributed by atoms with Gasteiger partial charge < -0.3 is 19.3 Å². The summed E-state index contributed by atoms with van der Waals surface area (Å²) in [6.45, 7) is 8.41. The molecule has 0 unspecified atom stereocenters. The maximum atomic E-state index is 12.4. The second-order valence-corrected chi connectivity index (χ2v) is 5.20. The van der Waals surface area contributed by atoms with E-state index >= 15 is 0 Å². The van der Waals surface area contributed by atoms with E-state index in [4.69, 9.17) is 9.47 Å². The van der Waals surface area contributed by atoms with Gasteiger partial charge in [0.25, 0.3) is 5.91 Å². The molecule has 0 aromatic heterocycles. The molecule has 0 bridgehead atoms. The van der Waals surface area contributed by atoms with Gasteiger partial charge in [0.15, 0.2) is 6.10 Å². The van der Waals surface area contributed by atoms with Crippen LogP contribution in [-0.2, 0) is 4.79 Å². The summed E-state index contributed by atoms with van der Waals surface area (Å²) in [6, 6.07) is 7.33. The SMILES string of the molecule is CCN1CCN(C(=O)[C@@H](C)Oc2cccc(OC)c2)CC1. The molecule has 1 fully saturated rings. The van der Waals surface area contributed by atoms with Crippen LogP contribution in [0.15, 0.2) is 24.3 Å². The van der Waals surface area contributed by atoms with Crippen molar-refractivity contribution in [2.24, 2.45) is 0 Å². The number of methoxy groups -OCH3 is 1. The lowest BCUT2D eigenvalue weighted by Crippen LogP contribution is -2.51. The van der Waals surface area contributed by atoms with E-state index in [0.717, 1.165) is 38.5 Å². The van der Waals surface area contributed by atoms with Crippen molar-refractivity contribution in [1.29, 1.82) is 0 Å². The Morgan fingerprint density at radius 2 is 1.90 bits per heavy atom. The maximum absolute atomic E-state index is 12.4. The monoisotopic (exact) mass is 292 g/mol. The van der Waals surface area contributed by atoms with Crippen LogP contribution in [0.5, 0.6) is 11.5 Å². The molecule has 1 saturated heterocycles. The number of ether oxygens (including phenoxy) is 2. The van der Waals surface area contributed by atoms with Gasteiger partial charge in [0.2, 0.25) is 0 Å². The summed E-state index contributed by atoms with van der Waals surface area (Å²) in [5.41, 5.74) is 0. The van der Waals surface area contributed by atoms with Crippen molar-refractivity contribution in [2.45, 2.75) is 20.0 Å². The summed E-state index contributed by atoms with van der Waals surface area (Å²) in [6.07, 6.45) is -0.481. The Hall–Kier alpha value is -1.75. The molecule has 0 spiro atoms. The molecule has 116 valence electrons. The van der Waals surface area contributed by atoms with Crippen LogP contribution in [0.1, 0.15) is 13.8 Å². The van der Waals surface area contributed by atoms with Gasteiger partial charge in [0, 0.05) is 32.2 Å². The average molecular weight is 292 g/mol. The fourth-order valence-electron chi connectivity index (χ4n) is 2.47. The van der Waals surface area contributed by atoms with Crippen LogP contribution in [-0.4, -0.2) is 61.6 Å². The number of piperazine rings is 1. The fraction of sp³-hybridized carbons (Fsp3) is 0.562. The van der Waals surface area contributed by atoms with Gasteiger partial charge in [-0.25, -0.2) is 0 Å². The summed E-state index contributed by atoms with van der Waals surface area (Å²) in [5.74, 6) is 1.43. The van der Waals surface area contributed by atoms with Crippen LogP contribution in [0, 0.1) is 0 Å². The molecule has 2 rings (SSSR count). The third kappa shape index (κ3) is 4.11. The summed E-state index contributed by atoms with van der Waals surface area (Å²) < 4.78 is 10.9. The van der Waals surface area contributed by atoms with Gasteiger partial charge >= 0.3 is 0 Å². The van der Waals surface area contributed by atoms with Gasteiger partial charge in [-0.2, -0.15) is 0 Å². The predicted molar refractivity (Wildman–Crippen MR) is 81.8 cm³/mol. The number of carbonyl (C=O) groups excluding carboxylic acids is 1. The van der Waals surface area contributed by atoms with E-state index in [1.54, 1.807) is 20.1 Å². The lowest BCUT2D eigenvalue weighted by atomic mass is 10.2. The Bertz CT molecular complexity index is 470. The van der Waals surface area contributed by atoms with Crippen LogP contribution in [0.2, 0.25) is 0 Å². The highest BCUT2D eigenvalue weighted by Gasteiger charge is 2.25. The molecule has 0 N–H and O–H groups in total. The molecule has 1 aromatic rings. The predicted octanol–water partition coefficient (Wildman–Crippen LogP) is 1.63. The fourth-order valence-corrected chi connectivity index (χ4v) is 2.47. The third-order valence-corrected chi connectivity index (χ3v) is 3.83. The van der Waals surface area contributed by atoms with Gasteiger partial charge in [-0.15, -0.1) is 0 Å². The Morgan fingerprint density at radius 3 is 2.52 bits per heavy atom. The number of hydrogen-bond acceptors (Lipinski definition) is 4. The van der Waals surface area contributed by atoms with E-state index in [2.05, 4.69) is 11.8 Å². The van der Waals surface area contributed by atoms with Gasteiger partial charge in [-0.05, 0) is 25.6 Å². The number of amides is 1. The average Bonchev–Trinajstić information content (AvgIpc) is 2.54. The van der Waals surface area contributed by atoms with Crippen molar-refractivity contribution < 1.29 is 14.3 Å². The molecule has 1 aliphatic heterocycles. The number of benzene rings is 1. The Kier molecular flexibility index (Phi) is 5.44. The van der Waals surface area contributed by atoms with E-state index in [0.29, 0.717) is 5.75 Å². The Morgan fingerprint density at radius 1 is 1.24 bits per heavy atom. The third-order valence-electron chi connectivity index (χ3n) is 3.83. The second kappa shape index (κ2) is 7.31. The van der Waals surface area contributed by atoms with Crippen molar-refractivity contribution >= 4 is 5.91 Å². The summed E-state index contributed by atoms with van der Waals surface area (Å²) in [4.78, 5) is 16.6. The highest BCUT2D eigenvalue weighted by molar-refractivity contribution is 5.81. The van der Waals surface area contributed by atoms with Crippen molar-refractivity contribution in [3.05, 3.63) is 24.3 Å². The molecule has 0 radical (unpaired) electrons. The van der Waals surface area contributed by atoms with E-state index in [1.807, 2.05) is 23.1 Å².